The maximum atomic E-state index is 13.9. The number of hydrogen-bond donors (Lipinski definition) is 3. The van der Waals surface area contributed by atoms with Crippen LogP contribution in [0.15, 0.2) is 23.2 Å². The molecule has 4 N–H and O–H groups in total. The van der Waals surface area contributed by atoms with Crippen molar-refractivity contribution >= 4 is 21.7 Å². The zero-order valence-electron chi connectivity index (χ0n) is 14.0. The number of primary sulfonamides is 1. The minimum Gasteiger partial charge on any atom is -0.365 e. The normalized spacial score (nSPS) is 18.5. The summed E-state index contributed by atoms with van der Waals surface area (Å²) in [6.07, 6.45) is 0.674. The molecule has 0 radical (unpaired) electrons. The van der Waals surface area contributed by atoms with Gasteiger partial charge in [0.25, 0.3) is 0 Å². The van der Waals surface area contributed by atoms with Crippen LogP contribution in [0, 0.1) is 11.6 Å². The van der Waals surface area contributed by atoms with Gasteiger partial charge >= 0.3 is 0 Å². The average molecular weight is 375 g/mol. The van der Waals surface area contributed by atoms with Gasteiger partial charge in [-0.15, -0.1) is 0 Å². The highest BCUT2D eigenvalue weighted by atomic mass is 32.2. The van der Waals surface area contributed by atoms with Crippen molar-refractivity contribution in [2.45, 2.75) is 19.4 Å². The van der Waals surface area contributed by atoms with Gasteiger partial charge in [-0.1, -0.05) is 6.07 Å². The molecule has 1 fully saturated rings. The second-order valence-corrected chi connectivity index (χ2v) is 7.51. The van der Waals surface area contributed by atoms with Crippen molar-refractivity contribution < 1.29 is 17.2 Å². The van der Waals surface area contributed by atoms with Crippen molar-refractivity contribution in [3.63, 3.8) is 0 Å². The maximum absolute atomic E-state index is 13.9. The number of halogens is 2. The molecule has 1 atom stereocenters. The van der Waals surface area contributed by atoms with E-state index in [-0.39, 0.29) is 24.0 Å². The average Bonchev–Trinajstić information content (AvgIpc) is 2.94. The number of sulfonamides is 1. The lowest BCUT2D eigenvalue weighted by molar-refractivity contribution is 0.576. The summed E-state index contributed by atoms with van der Waals surface area (Å²) in [4.78, 5) is 5.81. The molecule has 7 nitrogen and oxygen atoms in total. The zero-order valence-corrected chi connectivity index (χ0v) is 14.8. The fourth-order valence-corrected chi connectivity index (χ4v) is 3.02. The predicted molar refractivity (Wildman–Crippen MR) is 94.1 cm³/mol. The summed E-state index contributed by atoms with van der Waals surface area (Å²) in [5.41, 5.74) is -0.0250. The molecule has 1 saturated heterocycles. The molecule has 1 aliphatic rings. The van der Waals surface area contributed by atoms with Gasteiger partial charge in [0.1, 0.15) is 17.3 Å². The van der Waals surface area contributed by atoms with Gasteiger partial charge in [0, 0.05) is 25.7 Å². The maximum Gasteiger partial charge on any atom is 0.210 e. The fraction of sp³-hybridized carbons (Fsp3) is 0.533. The number of guanidine groups is 1. The lowest BCUT2D eigenvalue weighted by Crippen LogP contribution is -2.45. The van der Waals surface area contributed by atoms with Crippen molar-refractivity contribution in [3.8, 4) is 0 Å². The summed E-state index contributed by atoms with van der Waals surface area (Å²) in [6.45, 7) is 3.43. The van der Waals surface area contributed by atoms with Crippen LogP contribution in [0.1, 0.15) is 13.3 Å². The monoisotopic (exact) mass is 375 g/mol. The molecule has 0 bridgehead atoms. The minimum atomic E-state index is -3.57. The number of rotatable bonds is 6. The van der Waals surface area contributed by atoms with Crippen molar-refractivity contribution in [3.05, 3.63) is 29.8 Å². The van der Waals surface area contributed by atoms with Crippen LogP contribution in [0.3, 0.4) is 0 Å². The smallest absolute Gasteiger partial charge is 0.210 e. The van der Waals surface area contributed by atoms with E-state index < -0.39 is 21.7 Å². The van der Waals surface area contributed by atoms with Crippen molar-refractivity contribution in [1.29, 1.82) is 0 Å². The van der Waals surface area contributed by atoms with Crippen LogP contribution in [0.25, 0.3) is 0 Å². The quantitative estimate of drug-likeness (QED) is 0.493. The van der Waals surface area contributed by atoms with Gasteiger partial charge in [-0.25, -0.2) is 22.3 Å². The Hall–Kier alpha value is -1.94. The van der Waals surface area contributed by atoms with Gasteiger partial charge in [0.05, 0.1) is 12.3 Å². The van der Waals surface area contributed by atoms with Gasteiger partial charge in [0.2, 0.25) is 10.0 Å². The van der Waals surface area contributed by atoms with Crippen LogP contribution in [0.5, 0.6) is 0 Å². The largest absolute Gasteiger partial charge is 0.365 e. The first kappa shape index (κ1) is 19.4. The summed E-state index contributed by atoms with van der Waals surface area (Å²) < 4.78 is 49.7. The van der Waals surface area contributed by atoms with E-state index in [4.69, 9.17) is 5.14 Å². The fourth-order valence-electron chi connectivity index (χ4n) is 2.67. The molecule has 1 unspecified atom stereocenters. The highest BCUT2D eigenvalue weighted by Gasteiger charge is 2.27. The van der Waals surface area contributed by atoms with Crippen LogP contribution >= 0.6 is 0 Å². The Morgan fingerprint density at radius 1 is 1.40 bits per heavy atom. The molecule has 1 aliphatic heterocycles. The molecule has 1 aromatic rings. The predicted octanol–water partition coefficient (Wildman–Crippen LogP) is 0.387. The van der Waals surface area contributed by atoms with E-state index >= 15 is 0 Å². The third kappa shape index (κ3) is 5.82. The third-order valence-corrected chi connectivity index (χ3v) is 4.52. The molecule has 0 aliphatic carbocycles. The Bertz CT molecular complexity index is 706. The van der Waals surface area contributed by atoms with Crippen LogP contribution in [0.4, 0.5) is 14.5 Å². The SMILES string of the molecule is CCNC(=NCCS(N)(=O)=O)NC1CCN(c2c(F)cccc2F)C1. The van der Waals surface area contributed by atoms with E-state index in [0.717, 1.165) is 0 Å². The summed E-state index contributed by atoms with van der Waals surface area (Å²) >= 11 is 0. The molecule has 1 aromatic carbocycles. The Labute approximate surface area is 146 Å². The van der Waals surface area contributed by atoms with Gasteiger partial charge in [-0.3, -0.25) is 4.99 Å². The number of nitrogens with two attached hydrogens (primary N) is 1. The Balaban J connectivity index is 1.99. The Morgan fingerprint density at radius 3 is 2.68 bits per heavy atom. The lowest BCUT2D eigenvalue weighted by Gasteiger charge is -2.21. The molecule has 0 aromatic heterocycles. The van der Waals surface area contributed by atoms with Crippen LogP contribution in [0.2, 0.25) is 0 Å². The van der Waals surface area contributed by atoms with Gasteiger partial charge in [0.15, 0.2) is 5.96 Å². The van der Waals surface area contributed by atoms with Gasteiger partial charge in [-0.05, 0) is 25.5 Å². The number of hydrogen-bond acceptors (Lipinski definition) is 4. The Morgan fingerprint density at radius 2 is 2.08 bits per heavy atom. The molecule has 1 heterocycles. The second kappa shape index (κ2) is 8.43. The molecule has 0 spiro atoms. The summed E-state index contributed by atoms with van der Waals surface area (Å²) in [6, 6.07) is 3.74. The molecule has 25 heavy (non-hydrogen) atoms. The second-order valence-electron chi connectivity index (χ2n) is 5.77. The molecule has 140 valence electrons. The first-order valence-corrected chi connectivity index (χ1v) is 9.76. The van der Waals surface area contributed by atoms with Gasteiger partial charge < -0.3 is 15.5 Å². The first-order chi connectivity index (χ1) is 11.8. The highest BCUT2D eigenvalue weighted by Crippen LogP contribution is 2.26. The van der Waals surface area contributed by atoms with E-state index in [0.29, 0.717) is 32.0 Å². The Kier molecular flexibility index (Phi) is 6.54. The number of para-hydroxylation sites is 1. The van der Waals surface area contributed by atoms with E-state index in [2.05, 4.69) is 15.6 Å². The van der Waals surface area contributed by atoms with E-state index in [1.165, 1.54) is 18.2 Å². The van der Waals surface area contributed by atoms with Crippen molar-refractivity contribution in [1.82, 2.24) is 10.6 Å². The summed E-state index contributed by atoms with van der Waals surface area (Å²) in [7, 11) is -3.57. The molecule has 2 rings (SSSR count). The molecular weight excluding hydrogens is 352 g/mol. The first-order valence-electron chi connectivity index (χ1n) is 8.04. The zero-order chi connectivity index (χ0) is 18.4. The lowest BCUT2D eigenvalue weighted by atomic mass is 10.2. The van der Waals surface area contributed by atoms with Crippen molar-refractivity contribution in [2.24, 2.45) is 10.1 Å². The molecule has 0 amide bonds. The number of benzene rings is 1. The van der Waals surface area contributed by atoms with E-state index in [1.807, 2.05) is 6.92 Å². The van der Waals surface area contributed by atoms with E-state index in [9.17, 15) is 17.2 Å². The van der Waals surface area contributed by atoms with E-state index in [1.54, 1.807) is 4.90 Å². The standard InChI is InChI=1S/C15H23F2N5O2S/c1-2-19-15(20-7-9-25(18,23)24)21-11-6-8-22(10-11)14-12(16)4-3-5-13(14)17/h3-5,11H,2,6-10H2,1H3,(H2,18,23,24)(H2,19,20,21). The topological polar surface area (TPSA) is 99.8 Å². The molecule has 0 saturated carbocycles. The summed E-state index contributed by atoms with van der Waals surface area (Å²) in [5.74, 6) is -0.975. The number of nitrogens with one attached hydrogen (secondary N) is 2. The third-order valence-electron chi connectivity index (χ3n) is 3.77. The molecular formula is C15H23F2N5O2S. The van der Waals surface area contributed by atoms with Gasteiger partial charge in [-0.2, -0.15) is 0 Å². The molecule has 10 heteroatoms. The van der Waals surface area contributed by atoms with Crippen LogP contribution in [-0.2, 0) is 10.0 Å². The number of nitrogens with zero attached hydrogens (tertiary/aromatic N) is 2. The minimum absolute atomic E-state index is 0.0250. The van der Waals surface area contributed by atoms with Crippen molar-refractivity contribution in [2.75, 3.05) is 36.8 Å². The number of anilines is 1. The number of aliphatic imine (C=N–C) groups is 1. The summed E-state index contributed by atoms with van der Waals surface area (Å²) in [5, 5.41) is 11.1. The van der Waals surface area contributed by atoms with Crippen LogP contribution < -0.4 is 20.7 Å². The van der Waals surface area contributed by atoms with Crippen LogP contribution in [-0.4, -0.2) is 52.4 Å². The highest BCUT2D eigenvalue weighted by molar-refractivity contribution is 7.89.